The van der Waals surface area contributed by atoms with Crippen LogP contribution >= 0.6 is 11.6 Å². The molecule has 2 heterocycles. The van der Waals surface area contributed by atoms with Gasteiger partial charge in [0.2, 0.25) is 0 Å². The van der Waals surface area contributed by atoms with Gasteiger partial charge >= 0.3 is 0 Å². The molecule has 94 valence electrons. The fourth-order valence-corrected chi connectivity index (χ4v) is 2.45. The Hall–Kier alpha value is -1.03. The second kappa shape index (κ2) is 4.69. The summed E-state index contributed by atoms with van der Waals surface area (Å²) in [6.07, 6.45) is 0.866. The summed E-state index contributed by atoms with van der Waals surface area (Å²) in [4.78, 5) is 14.2. The van der Waals surface area contributed by atoms with E-state index in [-0.39, 0.29) is 11.3 Å². The van der Waals surface area contributed by atoms with Crippen molar-refractivity contribution < 1.29 is 4.79 Å². The second-order valence-corrected chi connectivity index (χ2v) is 5.39. The average molecular weight is 256 g/mol. The molecule has 2 atom stereocenters. The summed E-state index contributed by atoms with van der Waals surface area (Å²) in [7, 11) is 1.80. The summed E-state index contributed by atoms with van der Waals surface area (Å²) in [5, 5.41) is 4.39. The summed E-state index contributed by atoms with van der Waals surface area (Å²) < 4.78 is 1.65. The fraction of sp³-hybridized carbons (Fsp3) is 0.667. The molecule has 1 aliphatic heterocycles. The zero-order chi connectivity index (χ0) is 12.6. The van der Waals surface area contributed by atoms with Crippen LogP contribution in [0.1, 0.15) is 29.5 Å². The number of likely N-dealkylation sites (tertiary alicyclic amines) is 1. The van der Waals surface area contributed by atoms with Crippen LogP contribution in [-0.4, -0.2) is 39.1 Å². The molecule has 2 rings (SSSR count). The third-order valence-electron chi connectivity index (χ3n) is 3.31. The molecule has 1 aromatic heterocycles. The van der Waals surface area contributed by atoms with Crippen molar-refractivity contribution in [3.05, 3.63) is 17.5 Å². The molecular weight excluding hydrogens is 238 g/mol. The lowest BCUT2D eigenvalue weighted by atomic mass is 9.99. The van der Waals surface area contributed by atoms with Crippen LogP contribution in [0.25, 0.3) is 0 Å². The third-order valence-corrected chi connectivity index (χ3v) is 3.96. The molecule has 5 heteroatoms. The number of hydrogen-bond donors (Lipinski definition) is 0. The SMILES string of the molecule is Cc1cc(C(=O)N2CCC(Cl)C(C)C2)n(C)n1. The smallest absolute Gasteiger partial charge is 0.272 e. The van der Waals surface area contributed by atoms with Crippen molar-refractivity contribution in [1.29, 1.82) is 0 Å². The lowest BCUT2D eigenvalue weighted by Crippen LogP contribution is -2.43. The van der Waals surface area contributed by atoms with Crippen LogP contribution < -0.4 is 0 Å². The van der Waals surface area contributed by atoms with Gasteiger partial charge < -0.3 is 4.90 Å². The first-order valence-electron chi connectivity index (χ1n) is 5.93. The van der Waals surface area contributed by atoms with Crippen LogP contribution in [0.15, 0.2) is 6.07 Å². The quantitative estimate of drug-likeness (QED) is 0.718. The van der Waals surface area contributed by atoms with Crippen LogP contribution in [-0.2, 0) is 7.05 Å². The average Bonchev–Trinajstić information content (AvgIpc) is 2.61. The Kier molecular flexibility index (Phi) is 3.43. The first kappa shape index (κ1) is 12.4. The molecule has 1 aliphatic rings. The van der Waals surface area contributed by atoms with E-state index in [0.29, 0.717) is 11.6 Å². The number of piperidine rings is 1. The molecule has 0 saturated carbocycles. The number of aromatic nitrogens is 2. The number of hydrogen-bond acceptors (Lipinski definition) is 2. The van der Waals surface area contributed by atoms with Gasteiger partial charge in [-0.25, -0.2) is 0 Å². The predicted molar refractivity (Wildman–Crippen MR) is 67.3 cm³/mol. The van der Waals surface area contributed by atoms with Crippen molar-refractivity contribution in [3.8, 4) is 0 Å². The molecule has 17 heavy (non-hydrogen) atoms. The van der Waals surface area contributed by atoms with Gasteiger partial charge in [-0.2, -0.15) is 5.10 Å². The van der Waals surface area contributed by atoms with E-state index >= 15 is 0 Å². The van der Waals surface area contributed by atoms with Crippen LogP contribution in [0.2, 0.25) is 0 Å². The van der Waals surface area contributed by atoms with Crippen LogP contribution in [0, 0.1) is 12.8 Å². The first-order valence-corrected chi connectivity index (χ1v) is 6.36. The minimum Gasteiger partial charge on any atom is -0.337 e. The van der Waals surface area contributed by atoms with Crippen molar-refractivity contribution in [3.63, 3.8) is 0 Å². The number of alkyl halides is 1. The fourth-order valence-electron chi connectivity index (χ4n) is 2.27. The highest BCUT2D eigenvalue weighted by atomic mass is 35.5. The second-order valence-electron chi connectivity index (χ2n) is 4.83. The van der Waals surface area contributed by atoms with Crippen LogP contribution in [0.3, 0.4) is 0 Å². The highest BCUT2D eigenvalue weighted by Crippen LogP contribution is 2.23. The van der Waals surface area contributed by atoms with Gasteiger partial charge in [0, 0.05) is 25.5 Å². The van der Waals surface area contributed by atoms with E-state index in [9.17, 15) is 4.79 Å². The van der Waals surface area contributed by atoms with Gasteiger partial charge in [-0.1, -0.05) is 6.92 Å². The number of nitrogens with zero attached hydrogens (tertiary/aromatic N) is 3. The summed E-state index contributed by atoms with van der Waals surface area (Å²) in [5.41, 5.74) is 1.53. The van der Waals surface area contributed by atoms with Crippen LogP contribution in [0.5, 0.6) is 0 Å². The molecule has 0 radical (unpaired) electrons. The Labute approximate surface area is 107 Å². The largest absolute Gasteiger partial charge is 0.337 e. The molecule has 4 nitrogen and oxygen atoms in total. The molecule has 0 aliphatic carbocycles. The third kappa shape index (κ3) is 2.46. The number of rotatable bonds is 1. The normalized spacial score (nSPS) is 25.1. The van der Waals surface area contributed by atoms with E-state index in [2.05, 4.69) is 12.0 Å². The molecule has 1 amide bonds. The Balaban J connectivity index is 2.13. The lowest BCUT2D eigenvalue weighted by molar-refractivity contribution is 0.0676. The molecular formula is C12H18ClN3O. The highest BCUT2D eigenvalue weighted by molar-refractivity contribution is 6.20. The number of carbonyl (C=O) groups is 1. The van der Waals surface area contributed by atoms with Gasteiger partial charge in [0.25, 0.3) is 5.91 Å². The Morgan fingerprint density at radius 3 is 2.82 bits per heavy atom. The summed E-state index contributed by atoms with van der Waals surface area (Å²) in [6, 6.07) is 1.83. The Bertz CT molecular complexity index is 429. The lowest BCUT2D eigenvalue weighted by Gasteiger charge is -2.34. The molecule has 0 N–H and O–H groups in total. The van der Waals surface area contributed by atoms with Gasteiger partial charge in [-0.15, -0.1) is 11.6 Å². The number of carbonyl (C=O) groups excluding carboxylic acids is 1. The summed E-state index contributed by atoms with van der Waals surface area (Å²) in [6.45, 7) is 5.45. The van der Waals surface area contributed by atoms with E-state index < -0.39 is 0 Å². The van der Waals surface area contributed by atoms with E-state index in [1.54, 1.807) is 11.7 Å². The Morgan fingerprint density at radius 1 is 1.59 bits per heavy atom. The molecule has 1 saturated heterocycles. The number of halogens is 1. The molecule has 2 unspecified atom stereocenters. The van der Waals surface area contributed by atoms with Gasteiger partial charge in [-0.3, -0.25) is 9.48 Å². The van der Waals surface area contributed by atoms with Gasteiger partial charge in [0.1, 0.15) is 5.69 Å². The number of aryl methyl sites for hydroxylation is 2. The van der Waals surface area contributed by atoms with Crippen LogP contribution in [0.4, 0.5) is 0 Å². The molecule has 0 spiro atoms. The minimum atomic E-state index is 0.0588. The summed E-state index contributed by atoms with van der Waals surface area (Å²) >= 11 is 6.16. The van der Waals surface area contributed by atoms with Gasteiger partial charge in [0.15, 0.2) is 0 Å². The van der Waals surface area contributed by atoms with Gasteiger partial charge in [0.05, 0.1) is 5.69 Å². The van der Waals surface area contributed by atoms with Crippen molar-refractivity contribution in [1.82, 2.24) is 14.7 Å². The van der Waals surface area contributed by atoms with Crippen molar-refractivity contribution in [2.75, 3.05) is 13.1 Å². The number of amides is 1. The highest BCUT2D eigenvalue weighted by Gasteiger charge is 2.29. The maximum absolute atomic E-state index is 12.3. The Morgan fingerprint density at radius 2 is 2.29 bits per heavy atom. The zero-order valence-corrected chi connectivity index (χ0v) is 11.2. The van der Waals surface area contributed by atoms with Crippen molar-refractivity contribution >= 4 is 17.5 Å². The maximum Gasteiger partial charge on any atom is 0.272 e. The standard InChI is InChI=1S/C12H18ClN3O/c1-8-7-16(5-4-10(8)13)12(17)11-6-9(2)14-15(11)3/h6,8,10H,4-5,7H2,1-3H3. The van der Waals surface area contributed by atoms with E-state index in [4.69, 9.17) is 11.6 Å². The molecule has 0 bridgehead atoms. The van der Waals surface area contributed by atoms with E-state index in [1.165, 1.54) is 0 Å². The van der Waals surface area contributed by atoms with E-state index in [1.807, 2.05) is 17.9 Å². The zero-order valence-electron chi connectivity index (χ0n) is 10.5. The predicted octanol–water partition coefficient (Wildman–Crippen LogP) is 1.82. The summed E-state index contributed by atoms with van der Waals surface area (Å²) in [5.74, 6) is 0.409. The maximum atomic E-state index is 12.3. The topological polar surface area (TPSA) is 38.1 Å². The van der Waals surface area contributed by atoms with Crippen molar-refractivity contribution in [2.24, 2.45) is 13.0 Å². The monoisotopic (exact) mass is 255 g/mol. The molecule has 0 aromatic carbocycles. The van der Waals surface area contributed by atoms with E-state index in [0.717, 1.165) is 25.2 Å². The van der Waals surface area contributed by atoms with Gasteiger partial charge in [-0.05, 0) is 25.3 Å². The van der Waals surface area contributed by atoms with Crippen molar-refractivity contribution in [2.45, 2.75) is 25.6 Å². The molecule has 1 fully saturated rings. The molecule has 1 aromatic rings. The first-order chi connectivity index (χ1) is 7.99. The minimum absolute atomic E-state index is 0.0588.